The van der Waals surface area contributed by atoms with Crippen molar-refractivity contribution in [3.8, 4) is 34.5 Å². The molecular formula is C27H24F6O9. The van der Waals surface area contributed by atoms with Gasteiger partial charge in [-0.05, 0) is 48.5 Å². The predicted molar refractivity (Wildman–Crippen MR) is 133 cm³/mol. The lowest BCUT2D eigenvalue weighted by Crippen LogP contribution is -2.07. The standard InChI is InChI=1S/3C9H8F2O3/c1-6(12)13-7-2-4-8(5-3-7)14-9(10)11;1-6(12)13-7-3-2-4-8(5-7)14-9(10)11;1-6(12)13-7-4-2-3-5-8(7)14-9(10)11/h3*2-5,9H,1H3. The van der Waals surface area contributed by atoms with Crippen LogP contribution in [0.1, 0.15) is 20.8 Å². The number of alkyl halides is 6. The highest BCUT2D eigenvalue weighted by Gasteiger charge is 2.11. The highest BCUT2D eigenvalue weighted by molar-refractivity contribution is 5.70. The topological polar surface area (TPSA) is 107 Å². The maximum atomic E-state index is 11.9. The third kappa shape index (κ3) is 16.2. The zero-order chi connectivity index (χ0) is 31.7. The highest BCUT2D eigenvalue weighted by Crippen LogP contribution is 2.28. The van der Waals surface area contributed by atoms with Gasteiger partial charge in [0.25, 0.3) is 0 Å². The molecule has 0 amide bonds. The van der Waals surface area contributed by atoms with E-state index in [1.54, 1.807) is 6.07 Å². The number of halogens is 6. The average molecular weight is 606 g/mol. The average Bonchev–Trinajstić information content (AvgIpc) is 2.85. The SMILES string of the molecule is CC(=O)Oc1ccc(OC(F)F)cc1.CC(=O)Oc1cccc(OC(F)F)c1.CC(=O)Oc1ccccc1OC(F)F. The molecule has 0 aliphatic heterocycles. The van der Waals surface area contributed by atoms with Crippen LogP contribution in [0.15, 0.2) is 72.8 Å². The molecule has 15 heteroatoms. The van der Waals surface area contributed by atoms with E-state index in [0.717, 1.165) is 0 Å². The van der Waals surface area contributed by atoms with Crippen molar-refractivity contribution < 1.29 is 69.1 Å². The summed E-state index contributed by atoms with van der Waals surface area (Å²) in [7, 11) is 0. The van der Waals surface area contributed by atoms with Gasteiger partial charge in [0.1, 0.15) is 23.0 Å². The van der Waals surface area contributed by atoms with E-state index in [1.807, 2.05) is 0 Å². The minimum atomic E-state index is -2.94. The number of esters is 3. The molecule has 0 bridgehead atoms. The summed E-state index contributed by atoms with van der Waals surface area (Å²) in [4.78, 5) is 31.6. The van der Waals surface area contributed by atoms with E-state index in [9.17, 15) is 40.7 Å². The Labute approximate surface area is 235 Å². The van der Waals surface area contributed by atoms with Crippen LogP contribution in [0.25, 0.3) is 0 Å². The van der Waals surface area contributed by atoms with Gasteiger partial charge in [0.05, 0.1) is 0 Å². The molecule has 0 atom stereocenters. The van der Waals surface area contributed by atoms with Crippen LogP contribution in [0.4, 0.5) is 26.3 Å². The Kier molecular flexibility index (Phi) is 15.4. The van der Waals surface area contributed by atoms with Crippen molar-refractivity contribution in [3.63, 3.8) is 0 Å². The second-order valence-electron chi connectivity index (χ2n) is 7.31. The Hall–Kier alpha value is -4.95. The van der Waals surface area contributed by atoms with Gasteiger partial charge in [-0.15, -0.1) is 0 Å². The Morgan fingerprint density at radius 1 is 0.476 bits per heavy atom. The van der Waals surface area contributed by atoms with Crippen LogP contribution in [-0.2, 0) is 14.4 Å². The van der Waals surface area contributed by atoms with Gasteiger partial charge in [-0.2, -0.15) is 26.3 Å². The molecule has 0 radical (unpaired) electrons. The van der Waals surface area contributed by atoms with Gasteiger partial charge < -0.3 is 28.4 Å². The van der Waals surface area contributed by atoms with Crippen molar-refractivity contribution >= 4 is 17.9 Å². The summed E-state index contributed by atoms with van der Waals surface area (Å²) < 4.78 is 97.1. The molecule has 42 heavy (non-hydrogen) atoms. The quantitative estimate of drug-likeness (QED) is 0.151. The minimum absolute atomic E-state index is 0.0136. The van der Waals surface area contributed by atoms with Gasteiger partial charge in [0.15, 0.2) is 11.5 Å². The summed E-state index contributed by atoms with van der Waals surface area (Å²) >= 11 is 0. The van der Waals surface area contributed by atoms with E-state index in [-0.39, 0.29) is 28.7 Å². The highest BCUT2D eigenvalue weighted by atomic mass is 19.3. The minimum Gasteiger partial charge on any atom is -0.435 e. The lowest BCUT2D eigenvalue weighted by molar-refractivity contribution is -0.133. The number of carbonyl (C=O) groups excluding carboxylic acids is 3. The monoisotopic (exact) mass is 606 g/mol. The molecule has 0 aromatic heterocycles. The second kappa shape index (κ2) is 18.4. The number of hydrogen-bond donors (Lipinski definition) is 0. The summed E-state index contributed by atoms with van der Waals surface area (Å²) in [5, 5.41) is 0. The summed E-state index contributed by atoms with van der Waals surface area (Å²) in [6.07, 6.45) is 0. The van der Waals surface area contributed by atoms with Crippen molar-refractivity contribution in [2.75, 3.05) is 0 Å². The number of hydrogen-bond acceptors (Lipinski definition) is 9. The smallest absolute Gasteiger partial charge is 0.387 e. The van der Waals surface area contributed by atoms with Gasteiger partial charge in [0.2, 0.25) is 0 Å². The first-order chi connectivity index (χ1) is 19.7. The molecule has 0 saturated carbocycles. The third-order valence-electron chi connectivity index (χ3n) is 3.92. The molecular weight excluding hydrogens is 582 g/mol. The van der Waals surface area contributed by atoms with Crippen molar-refractivity contribution in [1.29, 1.82) is 0 Å². The molecule has 0 N–H and O–H groups in total. The molecule has 0 aliphatic rings. The molecule has 0 unspecified atom stereocenters. The molecule has 228 valence electrons. The maximum Gasteiger partial charge on any atom is 0.387 e. The molecule has 0 heterocycles. The summed E-state index contributed by atoms with van der Waals surface area (Å²) in [6.45, 7) is -5.02. The third-order valence-corrected chi connectivity index (χ3v) is 3.92. The predicted octanol–water partition coefficient (Wildman–Crippen LogP) is 6.64. The number of rotatable bonds is 9. The van der Waals surface area contributed by atoms with Crippen molar-refractivity contribution in [1.82, 2.24) is 0 Å². The summed E-state index contributed by atoms with van der Waals surface area (Å²) in [5.41, 5.74) is 0. The first kappa shape index (κ1) is 35.1. The van der Waals surface area contributed by atoms with Crippen LogP contribution in [0.2, 0.25) is 0 Å². The normalized spacial score (nSPS) is 10.0. The first-order valence-electron chi connectivity index (χ1n) is 11.4. The number of ether oxygens (including phenoxy) is 6. The Bertz CT molecular complexity index is 1270. The zero-order valence-electron chi connectivity index (χ0n) is 22.1. The van der Waals surface area contributed by atoms with Gasteiger partial charge >= 0.3 is 37.7 Å². The van der Waals surface area contributed by atoms with Crippen molar-refractivity contribution in [2.24, 2.45) is 0 Å². The summed E-state index contributed by atoms with van der Waals surface area (Å²) in [5.74, 6) is -1.29. The molecule has 3 rings (SSSR count). The Morgan fingerprint density at radius 3 is 1.40 bits per heavy atom. The van der Waals surface area contributed by atoms with E-state index in [2.05, 4.69) is 23.7 Å². The molecule has 0 saturated heterocycles. The van der Waals surface area contributed by atoms with E-state index < -0.39 is 37.7 Å². The van der Waals surface area contributed by atoms with Crippen molar-refractivity contribution in [2.45, 2.75) is 40.6 Å². The molecule has 0 spiro atoms. The Balaban J connectivity index is 0.000000315. The first-order valence-corrected chi connectivity index (χ1v) is 11.4. The molecule has 3 aromatic carbocycles. The van der Waals surface area contributed by atoms with Gasteiger partial charge in [-0.25, -0.2) is 0 Å². The molecule has 0 fully saturated rings. The van der Waals surface area contributed by atoms with Crippen LogP contribution in [0.5, 0.6) is 34.5 Å². The zero-order valence-corrected chi connectivity index (χ0v) is 22.1. The fourth-order valence-electron chi connectivity index (χ4n) is 2.62. The number of carbonyl (C=O) groups is 3. The van der Waals surface area contributed by atoms with Crippen molar-refractivity contribution in [3.05, 3.63) is 72.8 Å². The fraction of sp³-hybridized carbons (Fsp3) is 0.222. The van der Waals surface area contributed by atoms with E-state index in [1.165, 1.54) is 87.5 Å². The number of benzene rings is 3. The van der Waals surface area contributed by atoms with Crippen LogP contribution >= 0.6 is 0 Å². The van der Waals surface area contributed by atoms with Crippen LogP contribution in [0.3, 0.4) is 0 Å². The number of para-hydroxylation sites is 2. The van der Waals surface area contributed by atoms with Crippen LogP contribution < -0.4 is 28.4 Å². The van der Waals surface area contributed by atoms with Crippen LogP contribution in [-0.4, -0.2) is 37.7 Å². The Morgan fingerprint density at radius 2 is 0.905 bits per heavy atom. The van der Waals surface area contributed by atoms with E-state index in [4.69, 9.17) is 4.74 Å². The molecule has 3 aromatic rings. The van der Waals surface area contributed by atoms with Gasteiger partial charge in [-0.3, -0.25) is 14.4 Å². The second-order valence-corrected chi connectivity index (χ2v) is 7.31. The summed E-state index contributed by atoms with van der Waals surface area (Å²) in [6, 6.07) is 16.6. The maximum absolute atomic E-state index is 11.9. The van der Waals surface area contributed by atoms with E-state index in [0.29, 0.717) is 5.75 Å². The van der Waals surface area contributed by atoms with Gasteiger partial charge in [0, 0.05) is 26.8 Å². The largest absolute Gasteiger partial charge is 0.435 e. The fourth-order valence-corrected chi connectivity index (χ4v) is 2.62. The van der Waals surface area contributed by atoms with E-state index >= 15 is 0 Å². The lowest BCUT2D eigenvalue weighted by atomic mass is 10.3. The van der Waals surface area contributed by atoms with Gasteiger partial charge in [-0.1, -0.05) is 18.2 Å². The molecule has 0 aliphatic carbocycles. The molecule has 9 nitrogen and oxygen atoms in total. The lowest BCUT2D eigenvalue weighted by Gasteiger charge is -2.08. The van der Waals surface area contributed by atoms with Crippen LogP contribution in [0, 0.1) is 0 Å².